The first kappa shape index (κ1) is 22.9. The number of carbonyl (C=O) groups is 2. The van der Waals surface area contributed by atoms with Crippen molar-refractivity contribution in [1.82, 2.24) is 5.32 Å². The van der Waals surface area contributed by atoms with E-state index < -0.39 is 18.1 Å². The molecule has 3 aromatic carbocycles. The predicted molar refractivity (Wildman–Crippen MR) is 131 cm³/mol. The molecule has 1 aliphatic rings. The Balaban J connectivity index is 1.45. The number of ether oxygens (including phenoxy) is 2. The Kier molecular flexibility index (Phi) is 6.73. The van der Waals surface area contributed by atoms with Crippen molar-refractivity contribution in [3.8, 4) is 22.6 Å². The highest BCUT2D eigenvalue weighted by Gasteiger charge is 2.30. The van der Waals surface area contributed by atoms with Crippen LogP contribution in [-0.4, -0.2) is 42.0 Å². The number of carboxylic acids is 1. The van der Waals surface area contributed by atoms with Crippen molar-refractivity contribution >= 4 is 34.7 Å². The number of halogens is 1. The van der Waals surface area contributed by atoms with Crippen LogP contribution < -0.4 is 10.1 Å². The lowest BCUT2D eigenvalue weighted by molar-refractivity contribution is -0.139. The van der Waals surface area contributed by atoms with Crippen LogP contribution in [0.4, 0.5) is 4.79 Å². The molecule has 4 rings (SSSR count). The normalized spacial score (nSPS) is 13.0. The van der Waals surface area contributed by atoms with Crippen LogP contribution in [-0.2, 0) is 16.0 Å². The van der Waals surface area contributed by atoms with Gasteiger partial charge < -0.3 is 25.0 Å². The third kappa shape index (κ3) is 4.61. The highest BCUT2D eigenvalue weighted by Crippen LogP contribution is 2.44. The summed E-state index contributed by atoms with van der Waals surface area (Å²) in [5, 5.41) is 22.2. The molecule has 0 saturated heterocycles. The number of nitrogens with one attached hydrogen (secondary N) is 1. The summed E-state index contributed by atoms with van der Waals surface area (Å²) in [5.74, 6) is -1.10. The van der Waals surface area contributed by atoms with E-state index in [2.05, 4.69) is 5.32 Å². The maximum Gasteiger partial charge on any atom is 0.407 e. The van der Waals surface area contributed by atoms with Gasteiger partial charge in [-0.3, -0.25) is 0 Å². The van der Waals surface area contributed by atoms with E-state index in [0.29, 0.717) is 14.9 Å². The lowest BCUT2D eigenvalue weighted by Crippen LogP contribution is -2.43. The fraction of sp³-hybridized carbons (Fsp3) is 0.200. The van der Waals surface area contributed by atoms with Gasteiger partial charge in [0.25, 0.3) is 0 Å². The Morgan fingerprint density at radius 2 is 1.64 bits per heavy atom. The van der Waals surface area contributed by atoms with Crippen LogP contribution in [0.5, 0.6) is 11.5 Å². The van der Waals surface area contributed by atoms with E-state index in [1.54, 1.807) is 12.1 Å². The molecule has 0 aromatic heterocycles. The van der Waals surface area contributed by atoms with Crippen molar-refractivity contribution in [3.05, 3.63) is 80.9 Å². The SMILES string of the molecule is COc1ccc(CC(NC(=O)OCC2c3ccccc3-c3ccccc32)C(=O)O)c(I)c1O. The summed E-state index contributed by atoms with van der Waals surface area (Å²) in [7, 11) is 1.43. The number of carboxylic acid groups (broad SMARTS) is 1. The van der Waals surface area contributed by atoms with E-state index >= 15 is 0 Å². The number of methoxy groups -OCH3 is 1. The summed E-state index contributed by atoms with van der Waals surface area (Å²) in [6.45, 7) is 0.0903. The Labute approximate surface area is 204 Å². The predicted octanol–water partition coefficient (Wildman–Crippen LogP) is 4.54. The summed E-state index contributed by atoms with van der Waals surface area (Å²) in [6, 6.07) is 18.0. The van der Waals surface area contributed by atoms with E-state index in [1.807, 2.05) is 71.1 Å². The van der Waals surface area contributed by atoms with Gasteiger partial charge in [-0.25, -0.2) is 9.59 Å². The molecule has 1 aliphatic carbocycles. The lowest BCUT2D eigenvalue weighted by Gasteiger charge is -2.18. The van der Waals surface area contributed by atoms with Gasteiger partial charge in [-0.15, -0.1) is 0 Å². The molecule has 0 radical (unpaired) electrons. The number of amides is 1. The van der Waals surface area contributed by atoms with Crippen LogP contribution in [0.15, 0.2) is 60.7 Å². The van der Waals surface area contributed by atoms with Crippen molar-refractivity contribution in [3.63, 3.8) is 0 Å². The second-order valence-corrected chi connectivity index (χ2v) is 8.73. The van der Waals surface area contributed by atoms with Gasteiger partial charge in [0.05, 0.1) is 10.7 Å². The van der Waals surface area contributed by atoms with Gasteiger partial charge in [0.15, 0.2) is 11.5 Å². The maximum atomic E-state index is 12.5. The third-order valence-corrected chi connectivity index (χ3v) is 6.94. The highest BCUT2D eigenvalue weighted by atomic mass is 127. The van der Waals surface area contributed by atoms with Crippen molar-refractivity contribution in [2.24, 2.45) is 0 Å². The Hall–Kier alpha value is -3.27. The fourth-order valence-electron chi connectivity index (χ4n) is 4.11. The van der Waals surface area contributed by atoms with E-state index in [1.165, 1.54) is 7.11 Å². The van der Waals surface area contributed by atoms with Gasteiger partial charge in [0, 0.05) is 12.3 Å². The molecule has 1 unspecified atom stereocenters. The van der Waals surface area contributed by atoms with Crippen LogP contribution in [0.25, 0.3) is 11.1 Å². The molecule has 0 heterocycles. The van der Waals surface area contributed by atoms with E-state index in [0.717, 1.165) is 22.3 Å². The molecule has 0 spiro atoms. The minimum Gasteiger partial charge on any atom is -0.504 e. The molecule has 0 fully saturated rings. The number of phenols is 1. The first-order valence-electron chi connectivity index (χ1n) is 10.3. The summed E-state index contributed by atoms with van der Waals surface area (Å²) in [4.78, 5) is 24.3. The van der Waals surface area contributed by atoms with Crippen molar-refractivity contribution in [1.29, 1.82) is 0 Å². The number of hydrogen-bond donors (Lipinski definition) is 3. The maximum absolute atomic E-state index is 12.5. The highest BCUT2D eigenvalue weighted by molar-refractivity contribution is 14.1. The summed E-state index contributed by atoms with van der Waals surface area (Å²) in [5.41, 5.74) is 4.94. The van der Waals surface area contributed by atoms with Gasteiger partial charge in [0.1, 0.15) is 12.6 Å². The minimum atomic E-state index is -1.22. The first-order valence-corrected chi connectivity index (χ1v) is 11.4. The van der Waals surface area contributed by atoms with Crippen LogP contribution in [0.2, 0.25) is 0 Å². The second-order valence-electron chi connectivity index (χ2n) is 7.65. The van der Waals surface area contributed by atoms with E-state index in [9.17, 15) is 19.8 Å². The largest absolute Gasteiger partial charge is 0.504 e. The first-order chi connectivity index (χ1) is 15.9. The number of phenolic OH excluding ortho intramolecular Hbond substituents is 1. The van der Waals surface area contributed by atoms with Crippen molar-refractivity contribution in [2.45, 2.75) is 18.4 Å². The van der Waals surface area contributed by atoms with Crippen LogP contribution in [0, 0.1) is 3.57 Å². The van der Waals surface area contributed by atoms with Gasteiger partial charge in [0.2, 0.25) is 0 Å². The molecule has 0 saturated carbocycles. The van der Waals surface area contributed by atoms with Gasteiger partial charge >= 0.3 is 12.1 Å². The molecule has 8 heteroatoms. The number of alkyl carbamates (subject to hydrolysis) is 1. The molecular weight excluding hydrogens is 537 g/mol. The molecule has 1 atom stereocenters. The fourth-order valence-corrected chi connectivity index (χ4v) is 4.78. The number of hydrogen-bond acceptors (Lipinski definition) is 5. The minimum absolute atomic E-state index is 0.0185. The number of aliphatic carboxylic acids is 1. The zero-order valence-corrected chi connectivity index (χ0v) is 19.9. The second kappa shape index (κ2) is 9.70. The topological polar surface area (TPSA) is 105 Å². The van der Waals surface area contributed by atoms with Crippen LogP contribution in [0.1, 0.15) is 22.6 Å². The molecule has 170 valence electrons. The Morgan fingerprint density at radius 1 is 1.03 bits per heavy atom. The number of rotatable bonds is 7. The van der Waals surface area contributed by atoms with Crippen LogP contribution >= 0.6 is 22.6 Å². The molecule has 3 aromatic rings. The molecule has 3 N–H and O–H groups in total. The number of fused-ring (bicyclic) bond motifs is 3. The van der Waals surface area contributed by atoms with Gasteiger partial charge in [-0.1, -0.05) is 54.6 Å². The lowest BCUT2D eigenvalue weighted by atomic mass is 9.98. The smallest absolute Gasteiger partial charge is 0.407 e. The zero-order valence-electron chi connectivity index (χ0n) is 17.7. The van der Waals surface area contributed by atoms with Crippen molar-refractivity contribution < 1.29 is 29.3 Å². The third-order valence-electron chi connectivity index (χ3n) is 5.74. The summed E-state index contributed by atoms with van der Waals surface area (Å²) in [6.07, 6.45) is -0.827. The van der Waals surface area contributed by atoms with E-state index in [4.69, 9.17) is 9.47 Å². The van der Waals surface area contributed by atoms with Crippen molar-refractivity contribution in [2.75, 3.05) is 13.7 Å². The number of benzene rings is 3. The monoisotopic (exact) mass is 559 g/mol. The zero-order chi connectivity index (χ0) is 23.5. The molecule has 0 bridgehead atoms. The Bertz CT molecular complexity index is 1170. The average Bonchev–Trinajstić information content (AvgIpc) is 3.14. The summed E-state index contributed by atoms with van der Waals surface area (Å²) >= 11 is 1.92. The summed E-state index contributed by atoms with van der Waals surface area (Å²) < 4.78 is 11.0. The number of carbonyl (C=O) groups excluding carboxylic acids is 1. The standard InChI is InChI=1S/C25H22INO6/c1-32-21-11-10-14(22(26)23(21)28)12-20(24(29)30)27-25(31)33-13-19-17-8-4-2-6-15(17)16-7-3-5-9-18(16)19/h2-11,19-20,28H,12-13H2,1H3,(H,27,31)(H,29,30). The molecule has 33 heavy (non-hydrogen) atoms. The quantitative estimate of drug-likeness (QED) is 0.368. The Morgan fingerprint density at radius 3 is 2.21 bits per heavy atom. The molecule has 0 aliphatic heterocycles. The average molecular weight is 559 g/mol. The number of aromatic hydroxyl groups is 1. The molecule has 7 nitrogen and oxygen atoms in total. The molecule has 1 amide bonds. The van der Waals surface area contributed by atoms with Gasteiger partial charge in [-0.05, 0) is 56.5 Å². The van der Waals surface area contributed by atoms with E-state index in [-0.39, 0.29) is 24.7 Å². The van der Waals surface area contributed by atoms with Crippen LogP contribution in [0.3, 0.4) is 0 Å². The van der Waals surface area contributed by atoms with Gasteiger partial charge in [-0.2, -0.15) is 0 Å². The molecular formula is C25H22INO6.